The van der Waals surface area contributed by atoms with Gasteiger partial charge in [-0.2, -0.15) is 0 Å². The molecule has 1 fully saturated rings. The van der Waals surface area contributed by atoms with Crippen molar-refractivity contribution in [3.05, 3.63) is 17.5 Å². The number of aromatic nitrogens is 1. The molecule has 0 aromatic carbocycles. The molecule has 1 N–H and O–H groups in total. The summed E-state index contributed by atoms with van der Waals surface area (Å²) in [5.74, 6) is -1.18. The third-order valence-electron chi connectivity index (χ3n) is 2.74. The van der Waals surface area contributed by atoms with Gasteiger partial charge < -0.3 is 24.0 Å². The lowest BCUT2D eigenvalue weighted by atomic mass is 10.2. The van der Waals surface area contributed by atoms with Gasteiger partial charge in [-0.15, -0.1) is 0 Å². The number of amides is 1. The molecule has 104 valence electrons. The summed E-state index contributed by atoms with van der Waals surface area (Å²) in [4.78, 5) is 24.5. The Morgan fingerprint density at radius 3 is 3.11 bits per heavy atom. The van der Waals surface area contributed by atoms with Gasteiger partial charge in [-0.05, 0) is 0 Å². The predicted molar refractivity (Wildman–Crippen MR) is 60.5 cm³/mol. The normalized spacial score (nSPS) is 19.4. The van der Waals surface area contributed by atoms with E-state index in [2.05, 4.69) is 5.16 Å². The number of carbonyl (C=O) groups is 2. The van der Waals surface area contributed by atoms with Gasteiger partial charge in [-0.25, -0.2) is 4.79 Å². The van der Waals surface area contributed by atoms with Crippen LogP contribution in [-0.2, 0) is 20.9 Å². The Morgan fingerprint density at radius 1 is 1.63 bits per heavy atom. The first-order valence-electron chi connectivity index (χ1n) is 5.69. The lowest BCUT2D eigenvalue weighted by Gasteiger charge is -2.32. The molecule has 1 aliphatic rings. The topological polar surface area (TPSA) is 102 Å². The molecule has 1 aromatic heterocycles. The van der Waals surface area contributed by atoms with Crippen molar-refractivity contribution in [3.8, 4) is 0 Å². The molecule has 0 saturated carbocycles. The van der Waals surface area contributed by atoms with E-state index in [1.54, 1.807) is 0 Å². The van der Waals surface area contributed by atoms with Crippen LogP contribution in [0.25, 0.3) is 0 Å². The van der Waals surface area contributed by atoms with Crippen molar-refractivity contribution in [2.75, 3.05) is 26.9 Å². The van der Waals surface area contributed by atoms with Crippen molar-refractivity contribution in [1.29, 1.82) is 0 Å². The van der Waals surface area contributed by atoms with Gasteiger partial charge in [0.05, 0.1) is 13.2 Å². The molecule has 0 bridgehead atoms. The molecule has 19 heavy (non-hydrogen) atoms. The Hall–Kier alpha value is -1.93. The maximum atomic E-state index is 12.2. The van der Waals surface area contributed by atoms with Crippen molar-refractivity contribution in [2.24, 2.45) is 0 Å². The van der Waals surface area contributed by atoms with E-state index < -0.39 is 17.9 Å². The van der Waals surface area contributed by atoms with Crippen LogP contribution < -0.4 is 0 Å². The number of hydrogen-bond donors (Lipinski definition) is 1. The quantitative estimate of drug-likeness (QED) is 0.804. The maximum Gasteiger partial charge on any atom is 0.328 e. The second-order valence-corrected chi connectivity index (χ2v) is 4.04. The van der Waals surface area contributed by atoms with E-state index >= 15 is 0 Å². The lowest BCUT2D eigenvalue weighted by molar-refractivity contribution is -0.147. The van der Waals surface area contributed by atoms with Crippen LogP contribution in [-0.4, -0.2) is 59.9 Å². The zero-order chi connectivity index (χ0) is 13.8. The predicted octanol–water partition coefficient (Wildman–Crippen LogP) is -0.253. The minimum absolute atomic E-state index is 0.0240. The minimum Gasteiger partial charge on any atom is -0.480 e. The first kappa shape index (κ1) is 13.5. The summed E-state index contributed by atoms with van der Waals surface area (Å²) in [7, 11) is 1.49. The molecule has 1 aromatic rings. The lowest BCUT2D eigenvalue weighted by Crippen LogP contribution is -2.52. The summed E-state index contributed by atoms with van der Waals surface area (Å²) in [5.41, 5.74) is 0.0696. The third kappa shape index (κ3) is 2.91. The first-order chi connectivity index (χ1) is 9.13. The zero-order valence-corrected chi connectivity index (χ0v) is 10.4. The molecule has 1 atom stereocenters. The van der Waals surface area contributed by atoms with Gasteiger partial charge in [0.15, 0.2) is 17.5 Å². The number of morpholine rings is 1. The van der Waals surface area contributed by atoms with Gasteiger partial charge in [0.1, 0.15) is 6.61 Å². The SMILES string of the molecule is COCc1cc(C(=O)N2CCOCC2C(=O)O)no1. The van der Waals surface area contributed by atoms with Crippen molar-refractivity contribution in [2.45, 2.75) is 12.6 Å². The molecule has 2 rings (SSSR count). The van der Waals surface area contributed by atoms with Crippen LogP contribution >= 0.6 is 0 Å². The Balaban J connectivity index is 2.14. The molecular formula is C11H14N2O6. The van der Waals surface area contributed by atoms with Crippen molar-refractivity contribution >= 4 is 11.9 Å². The van der Waals surface area contributed by atoms with Crippen LogP contribution in [0.4, 0.5) is 0 Å². The monoisotopic (exact) mass is 270 g/mol. The molecule has 2 heterocycles. The molecule has 1 aliphatic heterocycles. The number of aliphatic carboxylic acids is 1. The van der Waals surface area contributed by atoms with Gasteiger partial charge in [0, 0.05) is 19.7 Å². The Morgan fingerprint density at radius 2 is 2.42 bits per heavy atom. The van der Waals surface area contributed by atoms with E-state index in [4.69, 9.17) is 19.1 Å². The highest BCUT2D eigenvalue weighted by molar-refractivity contribution is 5.95. The summed E-state index contributed by atoms with van der Waals surface area (Å²) in [6, 6.07) is 0.448. The van der Waals surface area contributed by atoms with E-state index in [0.29, 0.717) is 12.4 Å². The molecule has 8 nitrogen and oxygen atoms in total. The molecule has 1 unspecified atom stereocenters. The van der Waals surface area contributed by atoms with Crippen LogP contribution in [0.15, 0.2) is 10.6 Å². The maximum absolute atomic E-state index is 12.2. The standard InChI is InChI=1S/C11H14N2O6/c1-17-5-7-4-8(12-19-7)10(14)13-2-3-18-6-9(13)11(15)16/h4,9H,2-3,5-6H2,1H3,(H,15,16). The fraction of sp³-hybridized carbons (Fsp3) is 0.545. The number of carbonyl (C=O) groups excluding carboxylic acids is 1. The summed E-state index contributed by atoms with van der Waals surface area (Å²) in [6.45, 7) is 0.691. The second kappa shape index (κ2) is 5.81. The molecule has 0 radical (unpaired) electrons. The van der Waals surface area contributed by atoms with Crippen molar-refractivity contribution < 1.29 is 28.7 Å². The van der Waals surface area contributed by atoms with Gasteiger partial charge in [0.25, 0.3) is 5.91 Å². The third-order valence-corrected chi connectivity index (χ3v) is 2.74. The van der Waals surface area contributed by atoms with Crippen LogP contribution in [0.3, 0.4) is 0 Å². The average molecular weight is 270 g/mol. The first-order valence-corrected chi connectivity index (χ1v) is 5.69. The van der Waals surface area contributed by atoms with Crippen LogP contribution in [0.2, 0.25) is 0 Å². The second-order valence-electron chi connectivity index (χ2n) is 4.04. The van der Waals surface area contributed by atoms with Crippen molar-refractivity contribution in [3.63, 3.8) is 0 Å². The van der Waals surface area contributed by atoms with Crippen molar-refractivity contribution in [1.82, 2.24) is 10.1 Å². The fourth-order valence-electron chi connectivity index (χ4n) is 1.82. The minimum atomic E-state index is -1.10. The number of carboxylic acid groups (broad SMARTS) is 1. The number of methoxy groups -OCH3 is 1. The van der Waals surface area contributed by atoms with E-state index in [9.17, 15) is 9.59 Å². The number of hydrogen-bond acceptors (Lipinski definition) is 6. The Kier molecular flexibility index (Phi) is 4.13. The van der Waals surface area contributed by atoms with E-state index in [-0.39, 0.29) is 25.5 Å². The van der Waals surface area contributed by atoms with Crippen LogP contribution in [0.1, 0.15) is 16.2 Å². The molecule has 0 aliphatic carbocycles. The highest BCUT2D eigenvalue weighted by Gasteiger charge is 2.34. The van der Waals surface area contributed by atoms with E-state index in [1.165, 1.54) is 18.1 Å². The van der Waals surface area contributed by atoms with E-state index in [0.717, 1.165) is 0 Å². The van der Waals surface area contributed by atoms with Gasteiger partial charge in [0.2, 0.25) is 0 Å². The smallest absolute Gasteiger partial charge is 0.328 e. The molecule has 1 amide bonds. The van der Waals surface area contributed by atoms with Gasteiger partial charge >= 0.3 is 5.97 Å². The highest BCUT2D eigenvalue weighted by atomic mass is 16.5. The molecule has 1 saturated heterocycles. The molecular weight excluding hydrogens is 256 g/mol. The number of carboxylic acids is 1. The molecule has 0 spiro atoms. The van der Waals surface area contributed by atoms with E-state index in [1.807, 2.05) is 0 Å². The Bertz CT molecular complexity index is 472. The highest BCUT2D eigenvalue weighted by Crippen LogP contribution is 2.13. The van der Waals surface area contributed by atoms with Gasteiger partial charge in [-0.1, -0.05) is 5.16 Å². The summed E-state index contributed by atoms with van der Waals surface area (Å²) in [5, 5.41) is 12.7. The number of ether oxygens (including phenoxy) is 2. The zero-order valence-electron chi connectivity index (χ0n) is 10.4. The summed E-state index contributed by atoms with van der Waals surface area (Å²) >= 11 is 0. The summed E-state index contributed by atoms with van der Waals surface area (Å²) in [6.07, 6.45) is 0. The molecule has 8 heteroatoms. The average Bonchev–Trinajstić information content (AvgIpc) is 2.87. The fourth-order valence-corrected chi connectivity index (χ4v) is 1.82. The number of nitrogens with zero attached hydrogens (tertiary/aromatic N) is 2. The van der Waals surface area contributed by atoms with Crippen LogP contribution in [0.5, 0.6) is 0 Å². The Labute approximate surface area is 108 Å². The number of rotatable bonds is 4. The van der Waals surface area contributed by atoms with Gasteiger partial charge in [-0.3, -0.25) is 4.79 Å². The largest absolute Gasteiger partial charge is 0.480 e. The summed E-state index contributed by atoms with van der Waals surface area (Å²) < 4.78 is 14.8. The van der Waals surface area contributed by atoms with Crippen LogP contribution in [0, 0.1) is 0 Å².